The van der Waals surface area contributed by atoms with Gasteiger partial charge in [0.15, 0.2) is 11.5 Å². The van der Waals surface area contributed by atoms with Crippen LogP contribution in [0.4, 0.5) is 8.78 Å². The van der Waals surface area contributed by atoms with Crippen LogP contribution in [0.1, 0.15) is 28.8 Å². The second kappa shape index (κ2) is 5.42. The minimum Gasteiger partial charge on any atom is -0.489 e. The summed E-state index contributed by atoms with van der Waals surface area (Å²) in [5.74, 6) is -0.741. The van der Waals surface area contributed by atoms with Crippen molar-refractivity contribution in [2.45, 2.75) is 26.4 Å². The topological polar surface area (TPSA) is 55.8 Å². The number of rotatable bonds is 6. The summed E-state index contributed by atoms with van der Waals surface area (Å²) in [6.07, 6.45) is 2.09. The summed E-state index contributed by atoms with van der Waals surface area (Å²) in [5.41, 5.74) is 0.318. The zero-order valence-electron chi connectivity index (χ0n) is 10.4. The van der Waals surface area contributed by atoms with Gasteiger partial charge >= 0.3 is 12.6 Å². The summed E-state index contributed by atoms with van der Waals surface area (Å²) in [6, 6.07) is 2.43. The van der Waals surface area contributed by atoms with E-state index in [0.29, 0.717) is 18.1 Å². The Bertz CT molecular complexity index is 484. The molecule has 0 unspecified atom stereocenters. The molecule has 2 rings (SSSR count). The lowest BCUT2D eigenvalue weighted by Crippen LogP contribution is -2.10. The van der Waals surface area contributed by atoms with Crippen LogP contribution in [0.15, 0.2) is 12.1 Å². The summed E-state index contributed by atoms with van der Waals surface area (Å²) in [7, 11) is 0. The van der Waals surface area contributed by atoms with Crippen molar-refractivity contribution in [1.29, 1.82) is 0 Å². The number of hydrogen-bond acceptors (Lipinski definition) is 3. The molecule has 1 N–H and O–H groups in total. The SMILES string of the molecule is Cc1c(C(=O)O)ccc(OC(F)F)c1OCC1CC1. The molecule has 0 atom stereocenters. The molecule has 1 aliphatic carbocycles. The van der Waals surface area contributed by atoms with Crippen molar-refractivity contribution in [2.24, 2.45) is 5.92 Å². The molecule has 1 aromatic carbocycles. The lowest BCUT2D eigenvalue weighted by atomic mass is 10.1. The van der Waals surface area contributed by atoms with Gasteiger partial charge in [-0.3, -0.25) is 0 Å². The fraction of sp³-hybridized carbons (Fsp3) is 0.462. The summed E-state index contributed by atoms with van der Waals surface area (Å²) in [4.78, 5) is 11.0. The quantitative estimate of drug-likeness (QED) is 0.864. The van der Waals surface area contributed by atoms with Crippen molar-refractivity contribution in [3.05, 3.63) is 23.3 Å². The highest BCUT2D eigenvalue weighted by Crippen LogP contribution is 2.37. The number of carboxylic acids is 1. The van der Waals surface area contributed by atoms with Gasteiger partial charge in [0.05, 0.1) is 12.2 Å². The van der Waals surface area contributed by atoms with E-state index < -0.39 is 12.6 Å². The van der Waals surface area contributed by atoms with E-state index in [4.69, 9.17) is 9.84 Å². The lowest BCUT2D eigenvalue weighted by Gasteiger charge is -2.15. The van der Waals surface area contributed by atoms with Crippen molar-refractivity contribution in [2.75, 3.05) is 6.61 Å². The average molecular weight is 272 g/mol. The first-order valence-corrected chi connectivity index (χ1v) is 5.93. The molecule has 1 saturated carbocycles. The molecule has 1 aromatic rings. The first kappa shape index (κ1) is 13.6. The molecule has 0 aromatic heterocycles. The second-order valence-electron chi connectivity index (χ2n) is 4.50. The summed E-state index contributed by atoms with van der Waals surface area (Å²) in [6.45, 7) is -1.06. The highest BCUT2D eigenvalue weighted by Gasteiger charge is 2.25. The molecule has 0 radical (unpaired) electrons. The first-order valence-electron chi connectivity index (χ1n) is 5.93. The fourth-order valence-electron chi connectivity index (χ4n) is 1.75. The van der Waals surface area contributed by atoms with Gasteiger partial charge in [-0.1, -0.05) is 0 Å². The van der Waals surface area contributed by atoms with E-state index in [9.17, 15) is 13.6 Å². The second-order valence-corrected chi connectivity index (χ2v) is 4.50. The van der Waals surface area contributed by atoms with Crippen molar-refractivity contribution in [3.63, 3.8) is 0 Å². The van der Waals surface area contributed by atoms with E-state index in [-0.39, 0.29) is 17.1 Å². The Morgan fingerprint density at radius 2 is 2.16 bits per heavy atom. The van der Waals surface area contributed by atoms with Gasteiger partial charge in [0.2, 0.25) is 0 Å². The number of ether oxygens (including phenoxy) is 2. The number of alkyl halides is 2. The van der Waals surface area contributed by atoms with Gasteiger partial charge in [0.1, 0.15) is 0 Å². The van der Waals surface area contributed by atoms with Crippen molar-refractivity contribution < 1.29 is 28.2 Å². The Kier molecular flexibility index (Phi) is 3.87. The van der Waals surface area contributed by atoms with Crippen LogP contribution >= 0.6 is 0 Å². The van der Waals surface area contributed by atoms with Crippen LogP contribution < -0.4 is 9.47 Å². The first-order chi connectivity index (χ1) is 8.99. The number of benzene rings is 1. The monoisotopic (exact) mass is 272 g/mol. The molecular weight excluding hydrogens is 258 g/mol. The fourth-order valence-corrected chi connectivity index (χ4v) is 1.75. The molecule has 0 amide bonds. The van der Waals surface area contributed by atoms with Crippen LogP contribution in [0.3, 0.4) is 0 Å². The van der Waals surface area contributed by atoms with E-state index in [2.05, 4.69) is 4.74 Å². The van der Waals surface area contributed by atoms with E-state index in [0.717, 1.165) is 12.8 Å². The maximum absolute atomic E-state index is 12.3. The van der Waals surface area contributed by atoms with Crippen LogP contribution in [0, 0.1) is 12.8 Å². The third kappa shape index (κ3) is 3.33. The van der Waals surface area contributed by atoms with Crippen LogP contribution in [0.25, 0.3) is 0 Å². The minimum absolute atomic E-state index is 0.0208. The maximum atomic E-state index is 12.3. The van der Waals surface area contributed by atoms with Crippen LogP contribution in [0.5, 0.6) is 11.5 Å². The molecule has 0 aliphatic heterocycles. The summed E-state index contributed by atoms with van der Waals surface area (Å²) < 4.78 is 34.4. The normalized spacial score (nSPS) is 14.5. The van der Waals surface area contributed by atoms with Crippen LogP contribution in [0.2, 0.25) is 0 Å². The molecule has 1 aliphatic rings. The predicted molar refractivity (Wildman–Crippen MR) is 63.0 cm³/mol. The summed E-state index contributed by atoms with van der Waals surface area (Å²) in [5, 5.41) is 9.01. The van der Waals surface area contributed by atoms with Gasteiger partial charge in [0, 0.05) is 5.56 Å². The van der Waals surface area contributed by atoms with Crippen molar-refractivity contribution >= 4 is 5.97 Å². The molecule has 19 heavy (non-hydrogen) atoms. The molecule has 1 fully saturated rings. The van der Waals surface area contributed by atoms with E-state index in [1.807, 2.05) is 0 Å². The zero-order valence-corrected chi connectivity index (χ0v) is 10.4. The van der Waals surface area contributed by atoms with Gasteiger partial charge in [0.25, 0.3) is 0 Å². The average Bonchev–Trinajstić information content (AvgIpc) is 3.11. The summed E-state index contributed by atoms with van der Waals surface area (Å²) >= 11 is 0. The van der Waals surface area contributed by atoms with Gasteiger partial charge in [-0.2, -0.15) is 8.78 Å². The largest absolute Gasteiger partial charge is 0.489 e. The highest BCUT2D eigenvalue weighted by molar-refractivity contribution is 5.90. The van der Waals surface area contributed by atoms with E-state index in [1.165, 1.54) is 19.1 Å². The molecular formula is C13H14F2O4. The Balaban J connectivity index is 2.29. The van der Waals surface area contributed by atoms with Gasteiger partial charge in [-0.25, -0.2) is 4.79 Å². The molecule has 4 nitrogen and oxygen atoms in total. The third-order valence-corrected chi connectivity index (χ3v) is 2.98. The van der Waals surface area contributed by atoms with Crippen molar-refractivity contribution in [3.8, 4) is 11.5 Å². The van der Waals surface area contributed by atoms with Gasteiger partial charge in [-0.15, -0.1) is 0 Å². The Morgan fingerprint density at radius 1 is 1.47 bits per heavy atom. The maximum Gasteiger partial charge on any atom is 0.387 e. The third-order valence-electron chi connectivity index (χ3n) is 2.98. The van der Waals surface area contributed by atoms with E-state index >= 15 is 0 Å². The molecule has 0 saturated heterocycles. The molecule has 0 heterocycles. The Labute approximate surface area is 108 Å². The Morgan fingerprint density at radius 3 is 2.68 bits per heavy atom. The predicted octanol–water partition coefficient (Wildman–Crippen LogP) is 3.08. The zero-order chi connectivity index (χ0) is 14.0. The smallest absolute Gasteiger partial charge is 0.387 e. The molecule has 6 heteroatoms. The number of carbonyl (C=O) groups is 1. The standard InChI is InChI=1S/C13H14F2O4/c1-7-9(12(16)17)4-5-10(19-13(14)15)11(7)18-6-8-2-3-8/h4-5,8,13H,2-3,6H2,1H3,(H,16,17). The number of carboxylic acid groups (broad SMARTS) is 1. The highest BCUT2D eigenvalue weighted by atomic mass is 19.3. The van der Waals surface area contributed by atoms with Gasteiger partial charge < -0.3 is 14.6 Å². The van der Waals surface area contributed by atoms with Gasteiger partial charge in [-0.05, 0) is 37.8 Å². The van der Waals surface area contributed by atoms with Crippen LogP contribution in [-0.4, -0.2) is 24.3 Å². The van der Waals surface area contributed by atoms with Crippen LogP contribution in [-0.2, 0) is 0 Å². The Hall–Kier alpha value is -1.85. The number of hydrogen-bond donors (Lipinski definition) is 1. The number of aromatic carboxylic acids is 1. The number of halogens is 2. The molecule has 0 bridgehead atoms. The lowest BCUT2D eigenvalue weighted by molar-refractivity contribution is -0.0515. The van der Waals surface area contributed by atoms with Crippen molar-refractivity contribution in [1.82, 2.24) is 0 Å². The van der Waals surface area contributed by atoms with E-state index in [1.54, 1.807) is 0 Å². The molecule has 0 spiro atoms. The minimum atomic E-state index is -2.97. The molecule has 104 valence electrons.